The first-order valence-electron chi connectivity index (χ1n) is 7.65. The number of nitrogens with one attached hydrogen (secondary N) is 1. The van der Waals surface area contributed by atoms with Gasteiger partial charge in [0.1, 0.15) is 5.54 Å². The summed E-state index contributed by atoms with van der Waals surface area (Å²) in [6.07, 6.45) is 8.41. The summed E-state index contributed by atoms with van der Waals surface area (Å²) in [5, 5.41) is 3.26. The lowest BCUT2D eigenvalue weighted by atomic mass is 9.65. The number of amides is 2. The number of fused-ring (bicyclic) bond motifs is 3. The number of rotatable bonds is 4. The van der Waals surface area contributed by atoms with E-state index in [0.29, 0.717) is 0 Å². The maximum atomic E-state index is 12.6. The number of nitrogens with zero attached hydrogens (tertiary/aromatic N) is 1. The second-order valence-electron chi connectivity index (χ2n) is 5.85. The quantitative estimate of drug-likeness (QED) is 0.831. The normalized spacial score (nSPS) is 25.2. The Hall–Kier alpha value is -2.03. The molecule has 0 saturated carbocycles. The zero-order chi connectivity index (χ0) is 15.1. The third kappa shape index (κ3) is 1.57. The van der Waals surface area contributed by atoms with Crippen molar-refractivity contribution in [2.75, 3.05) is 0 Å². The fourth-order valence-corrected chi connectivity index (χ4v) is 4.15. The predicted molar refractivity (Wildman–Crippen MR) is 85.7 cm³/mol. The molecule has 3 rings (SSSR count). The molecule has 1 saturated heterocycles. The van der Waals surface area contributed by atoms with Gasteiger partial charge in [-0.15, -0.1) is 6.58 Å². The van der Waals surface area contributed by atoms with Gasteiger partial charge in [0.05, 0.1) is 5.54 Å². The van der Waals surface area contributed by atoms with Crippen LogP contribution in [0, 0.1) is 0 Å². The van der Waals surface area contributed by atoms with Crippen molar-refractivity contribution in [3.8, 4) is 0 Å². The van der Waals surface area contributed by atoms with Crippen LogP contribution in [0.2, 0.25) is 0 Å². The van der Waals surface area contributed by atoms with Crippen molar-refractivity contribution in [3.05, 3.63) is 54.2 Å². The van der Waals surface area contributed by atoms with Gasteiger partial charge in [-0.05, 0) is 36.5 Å². The molecule has 0 radical (unpaired) electrons. The van der Waals surface area contributed by atoms with Crippen LogP contribution < -0.4 is 5.32 Å². The summed E-state index contributed by atoms with van der Waals surface area (Å²) < 4.78 is 0. The van der Waals surface area contributed by atoms with Crippen LogP contribution in [0.3, 0.4) is 0 Å². The zero-order valence-corrected chi connectivity index (χ0v) is 12.7. The Bertz CT molecular complexity index is 615. The van der Waals surface area contributed by atoms with Gasteiger partial charge in [-0.1, -0.05) is 44.2 Å². The van der Waals surface area contributed by atoms with E-state index < -0.39 is 0 Å². The fourth-order valence-electron chi connectivity index (χ4n) is 4.15. The van der Waals surface area contributed by atoms with E-state index in [9.17, 15) is 4.79 Å². The van der Waals surface area contributed by atoms with E-state index in [1.54, 1.807) is 0 Å². The molecule has 3 nitrogen and oxygen atoms in total. The molecule has 0 spiro atoms. The first-order chi connectivity index (χ1) is 10.1. The van der Waals surface area contributed by atoms with Gasteiger partial charge in [-0.2, -0.15) is 0 Å². The summed E-state index contributed by atoms with van der Waals surface area (Å²) in [6.45, 7) is 8.26. The molecule has 1 unspecified atom stereocenters. The predicted octanol–water partition coefficient (Wildman–Crippen LogP) is 4.03. The molecular formula is C18H22N2O. The molecule has 1 atom stereocenters. The van der Waals surface area contributed by atoms with Crippen LogP contribution in [0.1, 0.15) is 44.2 Å². The molecule has 3 heteroatoms. The van der Waals surface area contributed by atoms with E-state index in [1.165, 1.54) is 11.1 Å². The van der Waals surface area contributed by atoms with E-state index in [2.05, 4.69) is 43.9 Å². The first kappa shape index (κ1) is 13.9. The van der Waals surface area contributed by atoms with Crippen LogP contribution in [0.25, 0.3) is 6.08 Å². The van der Waals surface area contributed by atoms with Crippen molar-refractivity contribution in [3.63, 3.8) is 0 Å². The molecule has 1 aromatic carbocycles. The highest BCUT2D eigenvalue weighted by atomic mass is 16.2. The summed E-state index contributed by atoms with van der Waals surface area (Å²) in [5.74, 6) is 0. The highest BCUT2D eigenvalue weighted by molar-refractivity contribution is 5.84. The van der Waals surface area contributed by atoms with E-state index in [1.807, 2.05) is 29.3 Å². The van der Waals surface area contributed by atoms with E-state index >= 15 is 0 Å². The zero-order valence-electron chi connectivity index (χ0n) is 12.7. The molecular weight excluding hydrogens is 260 g/mol. The van der Waals surface area contributed by atoms with Crippen molar-refractivity contribution in [2.45, 2.75) is 44.2 Å². The molecule has 2 aliphatic heterocycles. The fraction of sp³-hybridized carbons (Fsp3) is 0.389. The van der Waals surface area contributed by atoms with Crippen molar-refractivity contribution < 1.29 is 4.79 Å². The number of hydrogen-bond donors (Lipinski definition) is 1. The lowest BCUT2D eigenvalue weighted by molar-refractivity contribution is 0.113. The first-order valence-corrected chi connectivity index (χ1v) is 7.65. The molecule has 1 aromatic rings. The van der Waals surface area contributed by atoms with Gasteiger partial charge in [-0.25, -0.2) is 4.79 Å². The minimum atomic E-state index is -0.374. The Kier molecular flexibility index (Phi) is 3.16. The number of urea groups is 1. The third-order valence-corrected chi connectivity index (χ3v) is 5.22. The summed E-state index contributed by atoms with van der Waals surface area (Å²) in [4.78, 5) is 14.4. The Balaban J connectivity index is 2.33. The van der Waals surface area contributed by atoms with Crippen molar-refractivity contribution >= 4 is 12.1 Å². The lowest BCUT2D eigenvalue weighted by Gasteiger charge is -2.49. The van der Waals surface area contributed by atoms with Gasteiger partial charge >= 0.3 is 6.03 Å². The minimum absolute atomic E-state index is 0.00805. The second-order valence-corrected chi connectivity index (χ2v) is 5.85. The molecule has 0 bridgehead atoms. The van der Waals surface area contributed by atoms with Crippen LogP contribution >= 0.6 is 0 Å². The average Bonchev–Trinajstić information content (AvgIpc) is 2.77. The summed E-state index contributed by atoms with van der Waals surface area (Å²) in [5.41, 5.74) is 1.77. The van der Waals surface area contributed by atoms with Crippen LogP contribution in [0.15, 0.2) is 43.1 Å². The van der Waals surface area contributed by atoms with E-state index in [0.717, 1.165) is 19.3 Å². The van der Waals surface area contributed by atoms with Crippen molar-refractivity contribution in [1.82, 2.24) is 10.2 Å². The molecule has 0 aromatic heterocycles. The molecule has 1 fully saturated rings. The van der Waals surface area contributed by atoms with Gasteiger partial charge < -0.3 is 5.32 Å². The average molecular weight is 282 g/mol. The Labute approximate surface area is 126 Å². The second kappa shape index (κ2) is 4.76. The third-order valence-electron chi connectivity index (χ3n) is 5.22. The van der Waals surface area contributed by atoms with Crippen LogP contribution in [-0.2, 0) is 5.54 Å². The number of carbonyl (C=O) groups excluding carboxylic acids is 1. The molecule has 21 heavy (non-hydrogen) atoms. The maximum absolute atomic E-state index is 12.6. The maximum Gasteiger partial charge on any atom is 0.322 e. The van der Waals surface area contributed by atoms with Gasteiger partial charge in [0.25, 0.3) is 0 Å². The number of benzene rings is 1. The van der Waals surface area contributed by atoms with Crippen LogP contribution in [0.5, 0.6) is 0 Å². The van der Waals surface area contributed by atoms with Crippen LogP contribution in [-0.4, -0.2) is 16.5 Å². The SMILES string of the molecule is C=CCC12c3ccccc3C=CN1C(=O)NC2(CC)CC. The van der Waals surface area contributed by atoms with Gasteiger partial charge in [0, 0.05) is 6.20 Å². The van der Waals surface area contributed by atoms with E-state index in [4.69, 9.17) is 0 Å². The van der Waals surface area contributed by atoms with Crippen molar-refractivity contribution in [1.29, 1.82) is 0 Å². The monoisotopic (exact) mass is 282 g/mol. The topological polar surface area (TPSA) is 32.3 Å². The number of hydrogen-bond acceptors (Lipinski definition) is 1. The van der Waals surface area contributed by atoms with Crippen LogP contribution in [0.4, 0.5) is 4.79 Å². The smallest absolute Gasteiger partial charge is 0.322 e. The van der Waals surface area contributed by atoms with Gasteiger partial charge in [0.15, 0.2) is 0 Å². The van der Waals surface area contributed by atoms with Crippen molar-refractivity contribution in [2.24, 2.45) is 0 Å². The highest BCUT2D eigenvalue weighted by Crippen LogP contribution is 2.52. The standard InChI is InChI=1S/C18H22N2O/c1-4-12-18-15-10-8-7-9-14(15)11-13-20(18)16(21)19-17(18,5-2)6-3/h4,7-11,13H,1,5-6,12H2,2-3H3,(H,19,21). The van der Waals surface area contributed by atoms with Gasteiger partial charge in [0.2, 0.25) is 0 Å². The molecule has 2 heterocycles. The summed E-state index contributed by atoms with van der Waals surface area (Å²) >= 11 is 0. The molecule has 2 aliphatic rings. The molecule has 1 N–H and O–H groups in total. The minimum Gasteiger partial charge on any atom is -0.330 e. The Morgan fingerprint density at radius 3 is 2.67 bits per heavy atom. The molecule has 110 valence electrons. The highest BCUT2D eigenvalue weighted by Gasteiger charge is 2.61. The molecule has 2 amide bonds. The number of carbonyl (C=O) groups is 1. The largest absolute Gasteiger partial charge is 0.330 e. The lowest BCUT2D eigenvalue weighted by Crippen LogP contribution is -2.57. The summed E-state index contributed by atoms with van der Waals surface area (Å²) in [6, 6.07) is 8.36. The Morgan fingerprint density at radius 2 is 2.00 bits per heavy atom. The van der Waals surface area contributed by atoms with Gasteiger partial charge in [-0.3, -0.25) is 4.90 Å². The molecule has 0 aliphatic carbocycles. The van der Waals surface area contributed by atoms with E-state index in [-0.39, 0.29) is 17.1 Å². The summed E-state index contributed by atoms with van der Waals surface area (Å²) in [7, 11) is 0. The Morgan fingerprint density at radius 1 is 1.29 bits per heavy atom.